The number of aromatic nitrogens is 2. The first-order valence-corrected chi connectivity index (χ1v) is 7.59. The summed E-state index contributed by atoms with van der Waals surface area (Å²) < 4.78 is 2.04. The zero-order valence-corrected chi connectivity index (χ0v) is 12.2. The van der Waals surface area contributed by atoms with E-state index in [1.165, 1.54) is 12.8 Å². The topological polar surface area (TPSA) is 67.2 Å². The van der Waals surface area contributed by atoms with Crippen LogP contribution in [0.1, 0.15) is 44.3 Å². The lowest BCUT2D eigenvalue weighted by Crippen LogP contribution is -2.35. The van der Waals surface area contributed by atoms with Crippen molar-refractivity contribution in [3.63, 3.8) is 0 Å². The monoisotopic (exact) mass is 279 g/mol. The Morgan fingerprint density at radius 1 is 1.55 bits per heavy atom. The van der Waals surface area contributed by atoms with Crippen molar-refractivity contribution in [1.29, 1.82) is 0 Å². The van der Waals surface area contributed by atoms with E-state index in [0.717, 1.165) is 31.6 Å². The summed E-state index contributed by atoms with van der Waals surface area (Å²) in [6, 6.07) is 0. The summed E-state index contributed by atoms with van der Waals surface area (Å²) in [6.45, 7) is 3.16. The van der Waals surface area contributed by atoms with Gasteiger partial charge in [0.15, 0.2) is 0 Å². The van der Waals surface area contributed by atoms with Crippen LogP contribution in [0.2, 0.25) is 0 Å². The molecular formula is C15H25N3O2. The number of nitrogens with one attached hydrogen (secondary N) is 1. The maximum absolute atomic E-state index is 11.7. The normalized spacial score (nSPS) is 17.3. The summed E-state index contributed by atoms with van der Waals surface area (Å²) in [5.74, 6) is 1.38. The fraction of sp³-hybridized carbons (Fsp3) is 0.733. The molecule has 2 N–H and O–H groups in total. The Hall–Kier alpha value is -1.36. The summed E-state index contributed by atoms with van der Waals surface area (Å²) >= 11 is 0. The van der Waals surface area contributed by atoms with Crippen molar-refractivity contribution in [2.24, 2.45) is 5.92 Å². The molecule has 1 aliphatic carbocycles. The molecule has 1 aliphatic rings. The molecule has 5 heteroatoms. The molecule has 0 aliphatic heterocycles. The third kappa shape index (κ3) is 4.34. The molecule has 112 valence electrons. The summed E-state index contributed by atoms with van der Waals surface area (Å²) in [6.07, 6.45) is 9.22. The highest BCUT2D eigenvalue weighted by Gasteiger charge is 2.23. The molecule has 1 heterocycles. The van der Waals surface area contributed by atoms with Crippen LogP contribution in [0.25, 0.3) is 0 Å². The van der Waals surface area contributed by atoms with E-state index in [9.17, 15) is 9.90 Å². The average Bonchev–Trinajstić information content (AvgIpc) is 3.08. The third-order valence-electron chi connectivity index (χ3n) is 4.18. The molecule has 1 unspecified atom stereocenters. The van der Waals surface area contributed by atoms with Gasteiger partial charge in [-0.2, -0.15) is 0 Å². The highest BCUT2D eigenvalue weighted by atomic mass is 16.3. The zero-order chi connectivity index (χ0) is 14.4. The minimum absolute atomic E-state index is 0.0276. The van der Waals surface area contributed by atoms with Crippen molar-refractivity contribution < 1.29 is 9.90 Å². The first-order chi connectivity index (χ1) is 9.66. The van der Waals surface area contributed by atoms with Crippen LogP contribution in [0, 0.1) is 12.8 Å². The maximum Gasteiger partial charge on any atom is 0.220 e. The van der Waals surface area contributed by atoms with Gasteiger partial charge in [-0.05, 0) is 32.1 Å². The summed E-state index contributed by atoms with van der Waals surface area (Å²) in [7, 11) is 0. The Morgan fingerprint density at radius 3 is 2.95 bits per heavy atom. The van der Waals surface area contributed by atoms with Crippen LogP contribution in [0.5, 0.6) is 0 Å². The number of aliphatic hydroxyl groups is 1. The molecule has 5 nitrogen and oxygen atoms in total. The SMILES string of the molecule is Cc1nccn1CCCC(=O)NCC(O)C1CCCC1. The third-order valence-corrected chi connectivity index (χ3v) is 4.18. The number of rotatable bonds is 7. The molecule has 1 saturated carbocycles. The van der Waals surface area contributed by atoms with Gasteiger partial charge in [-0.3, -0.25) is 4.79 Å². The molecule has 0 spiro atoms. The van der Waals surface area contributed by atoms with Crippen LogP contribution >= 0.6 is 0 Å². The Balaban J connectivity index is 1.59. The highest BCUT2D eigenvalue weighted by molar-refractivity contribution is 5.75. The molecule has 1 aromatic heterocycles. The van der Waals surface area contributed by atoms with Gasteiger partial charge in [0.2, 0.25) is 5.91 Å². The quantitative estimate of drug-likeness (QED) is 0.797. The van der Waals surface area contributed by atoms with Crippen LogP contribution in [-0.4, -0.2) is 33.2 Å². The van der Waals surface area contributed by atoms with Gasteiger partial charge in [0.25, 0.3) is 0 Å². The second-order valence-electron chi connectivity index (χ2n) is 5.69. The van der Waals surface area contributed by atoms with Crippen molar-refractivity contribution in [2.45, 2.75) is 58.1 Å². The smallest absolute Gasteiger partial charge is 0.220 e. The van der Waals surface area contributed by atoms with E-state index in [2.05, 4.69) is 10.3 Å². The maximum atomic E-state index is 11.7. The van der Waals surface area contributed by atoms with Crippen LogP contribution in [0.3, 0.4) is 0 Å². The fourth-order valence-electron chi connectivity index (χ4n) is 2.87. The minimum atomic E-state index is -0.377. The van der Waals surface area contributed by atoms with Crippen LogP contribution in [-0.2, 0) is 11.3 Å². The van der Waals surface area contributed by atoms with Crippen molar-refractivity contribution in [1.82, 2.24) is 14.9 Å². The van der Waals surface area contributed by atoms with Crippen molar-refractivity contribution in [3.05, 3.63) is 18.2 Å². The molecular weight excluding hydrogens is 254 g/mol. The van der Waals surface area contributed by atoms with Crippen molar-refractivity contribution >= 4 is 5.91 Å². The lowest BCUT2D eigenvalue weighted by molar-refractivity contribution is -0.121. The molecule has 1 amide bonds. The number of amides is 1. The van der Waals surface area contributed by atoms with Crippen LogP contribution in [0.4, 0.5) is 0 Å². The number of imidazole rings is 1. The molecule has 1 atom stereocenters. The number of hydrogen-bond acceptors (Lipinski definition) is 3. The first-order valence-electron chi connectivity index (χ1n) is 7.59. The minimum Gasteiger partial charge on any atom is -0.391 e. The molecule has 0 radical (unpaired) electrons. The lowest BCUT2D eigenvalue weighted by Gasteiger charge is -2.18. The van der Waals surface area contributed by atoms with Gasteiger partial charge in [-0.25, -0.2) is 4.98 Å². The van der Waals surface area contributed by atoms with E-state index in [1.807, 2.05) is 17.7 Å². The van der Waals surface area contributed by atoms with E-state index < -0.39 is 0 Å². The molecule has 1 fully saturated rings. The molecule has 0 aromatic carbocycles. The summed E-state index contributed by atoms with van der Waals surface area (Å²) in [5.41, 5.74) is 0. The van der Waals surface area contributed by atoms with Gasteiger partial charge >= 0.3 is 0 Å². The largest absolute Gasteiger partial charge is 0.391 e. The van der Waals surface area contributed by atoms with Gasteiger partial charge in [-0.15, -0.1) is 0 Å². The lowest BCUT2D eigenvalue weighted by atomic mass is 10.0. The first kappa shape index (κ1) is 15.0. The van der Waals surface area contributed by atoms with Gasteiger partial charge in [0.1, 0.15) is 5.82 Å². The van der Waals surface area contributed by atoms with E-state index >= 15 is 0 Å². The Morgan fingerprint density at radius 2 is 2.30 bits per heavy atom. The highest BCUT2D eigenvalue weighted by Crippen LogP contribution is 2.27. The fourth-order valence-corrected chi connectivity index (χ4v) is 2.87. The number of aryl methyl sites for hydroxylation is 2. The predicted octanol–water partition coefficient (Wildman–Crippen LogP) is 1.64. The number of carbonyl (C=O) groups excluding carboxylic acids is 1. The van der Waals surface area contributed by atoms with Crippen LogP contribution in [0.15, 0.2) is 12.4 Å². The summed E-state index contributed by atoms with van der Waals surface area (Å²) in [4.78, 5) is 15.9. The summed E-state index contributed by atoms with van der Waals surface area (Å²) in [5, 5.41) is 12.8. The van der Waals surface area contributed by atoms with E-state index in [-0.39, 0.29) is 12.0 Å². The van der Waals surface area contributed by atoms with E-state index in [0.29, 0.717) is 18.9 Å². The van der Waals surface area contributed by atoms with Gasteiger partial charge in [-0.1, -0.05) is 12.8 Å². The average molecular weight is 279 g/mol. The van der Waals surface area contributed by atoms with Crippen LogP contribution < -0.4 is 5.32 Å². The molecule has 2 rings (SSSR count). The van der Waals surface area contributed by atoms with Gasteiger partial charge < -0.3 is 15.0 Å². The van der Waals surface area contributed by atoms with E-state index in [1.54, 1.807) is 6.20 Å². The van der Waals surface area contributed by atoms with Gasteiger partial charge in [0.05, 0.1) is 6.10 Å². The Bertz CT molecular complexity index is 425. The zero-order valence-electron chi connectivity index (χ0n) is 12.2. The second-order valence-corrected chi connectivity index (χ2v) is 5.69. The molecule has 0 bridgehead atoms. The Labute approximate surface area is 120 Å². The standard InChI is InChI=1S/C15H25N3O2/c1-12-16-8-10-18(12)9-4-7-15(20)17-11-14(19)13-5-2-3-6-13/h8,10,13-14,19H,2-7,9,11H2,1H3,(H,17,20). The number of nitrogens with zero attached hydrogens (tertiary/aromatic N) is 2. The Kier molecular flexibility index (Phi) is 5.59. The molecule has 20 heavy (non-hydrogen) atoms. The van der Waals surface area contributed by atoms with E-state index in [4.69, 9.17) is 0 Å². The van der Waals surface area contributed by atoms with Gasteiger partial charge in [0, 0.05) is 31.9 Å². The van der Waals surface area contributed by atoms with Crippen molar-refractivity contribution in [2.75, 3.05) is 6.54 Å². The number of carbonyl (C=O) groups is 1. The molecule has 0 saturated heterocycles. The predicted molar refractivity (Wildman–Crippen MR) is 77.2 cm³/mol. The number of aliphatic hydroxyl groups excluding tert-OH is 1. The second kappa shape index (κ2) is 7.43. The van der Waals surface area contributed by atoms with Crippen molar-refractivity contribution in [3.8, 4) is 0 Å². The number of hydrogen-bond donors (Lipinski definition) is 2. The molecule has 1 aromatic rings.